The van der Waals surface area contributed by atoms with Crippen molar-refractivity contribution in [1.29, 1.82) is 0 Å². The van der Waals surface area contributed by atoms with Crippen LogP contribution in [-0.4, -0.2) is 14.5 Å². The van der Waals surface area contributed by atoms with E-state index in [2.05, 4.69) is 14.5 Å². The number of benzene rings is 1. The van der Waals surface area contributed by atoms with Gasteiger partial charge >= 0.3 is 0 Å². The summed E-state index contributed by atoms with van der Waals surface area (Å²) in [6, 6.07) is 6.33. The quantitative estimate of drug-likeness (QED) is 0.711. The maximum atomic E-state index is 13.4. The summed E-state index contributed by atoms with van der Waals surface area (Å²) in [5.74, 6) is -0.0648. The number of nitrogens with zero attached hydrogens (tertiary/aromatic N) is 3. The van der Waals surface area contributed by atoms with E-state index >= 15 is 0 Å². The third-order valence-corrected chi connectivity index (χ3v) is 3.53. The van der Waals surface area contributed by atoms with Gasteiger partial charge in [0.2, 0.25) is 0 Å². The van der Waals surface area contributed by atoms with Gasteiger partial charge in [-0.1, -0.05) is 0 Å². The van der Waals surface area contributed by atoms with Crippen LogP contribution < -0.4 is 0 Å². The smallest absolute Gasteiger partial charge is 0.143 e. The highest BCUT2D eigenvalue weighted by atomic mass is 19.1. The number of pyridine rings is 1. The molecule has 3 nitrogen and oxygen atoms in total. The molecule has 0 unspecified atom stereocenters. The number of hydrogen-bond acceptors (Lipinski definition) is 2. The fraction of sp³-hybridized carbons (Fsp3) is 0.200. The molecule has 0 N–H and O–H groups in total. The van der Waals surface area contributed by atoms with Gasteiger partial charge in [0.05, 0.1) is 17.2 Å². The summed E-state index contributed by atoms with van der Waals surface area (Å²) in [6.07, 6.45) is 4.88. The van der Waals surface area contributed by atoms with Crippen molar-refractivity contribution in [3.8, 4) is 11.4 Å². The topological polar surface area (TPSA) is 30.7 Å². The lowest BCUT2D eigenvalue weighted by atomic mass is 10.2. The fourth-order valence-electron chi connectivity index (χ4n) is 2.51. The molecule has 4 rings (SSSR count). The first kappa shape index (κ1) is 11.5. The van der Waals surface area contributed by atoms with Crippen LogP contribution in [-0.2, 0) is 0 Å². The molecule has 0 saturated heterocycles. The van der Waals surface area contributed by atoms with Gasteiger partial charge in [-0.15, -0.1) is 0 Å². The zero-order valence-electron chi connectivity index (χ0n) is 10.6. The van der Waals surface area contributed by atoms with Gasteiger partial charge in [-0.05, 0) is 31.0 Å². The van der Waals surface area contributed by atoms with Crippen LogP contribution in [0.3, 0.4) is 0 Å². The van der Waals surface area contributed by atoms with Crippen LogP contribution >= 0.6 is 0 Å². The Balaban J connectivity index is 2.00. The lowest BCUT2D eigenvalue weighted by molar-refractivity contribution is 0.621. The van der Waals surface area contributed by atoms with Crippen molar-refractivity contribution in [3.05, 3.63) is 48.3 Å². The van der Waals surface area contributed by atoms with E-state index in [1.807, 2.05) is 0 Å². The molecular formula is C15H11F2N3. The molecule has 2 heterocycles. The molecule has 1 saturated carbocycles. The van der Waals surface area contributed by atoms with Crippen molar-refractivity contribution < 1.29 is 8.78 Å². The minimum Gasteiger partial charge on any atom is -0.321 e. The van der Waals surface area contributed by atoms with E-state index in [-0.39, 0.29) is 5.82 Å². The fourth-order valence-corrected chi connectivity index (χ4v) is 2.51. The summed E-state index contributed by atoms with van der Waals surface area (Å²) >= 11 is 0. The SMILES string of the molecule is Fc1cncc(-c2nc3cc(F)ccc3n2C2CC2)c1. The predicted molar refractivity (Wildman–Crippen MR) is 71.2 cm³/mol. The Kier molecular flexibility index (Phi) is 2.36. The van der Waals surface area contributed by atoms with Crippen molar-refractivity contribution >= 4 is 11.0 Å². The molecule has 100 valence electrons. The Bertz CT molecular complexity index is 806. The Morgan fingerprint density at radius 1 is 1.05 bits per heavy atom. The predicted octanol–water partition coefficient (Wildman–Crippen LogP) is 3.71. The average molecular weight is 271 g/mol. The van der Waals surface area contributed by atoms with Crippen molar-refractivity contribution in [1.82, 2.24) is 14.5 Å². The minimum absolute atomic E-state index is 0.318. The number of hydrogen-bond donors (Lipinski definition) is 0. The molecule has 0 amide bonds. The van der Waals surface area contributed by atoms with Gasteiger partial charge in [-0.2, -0.15) is 0 Å². The molecule has 3 aromatic rings. The zero-order valence-corrected chi connectivity index (χ0v) is 10.6. The monoisotopic (exact) mass is 271 g/mol. The lowest BCUT2D eigenvalue weighted by Gasteiger charge is -2.07. The Morgan fingerprint density at radius 3 is 2.65 bits per heavy atom. The Labute approximate surface area is 113 Å². The van der Waals surface area contributed by atoms with Gasteiger partial charge in [0.1, 0.15) is 17.5 Å². The standard InChI is InChI=1S/C15H11F2N3/c16-10-1-4-14-13(6-10)19-15(20(14)12-2-3-12)9-5-11(17)8-18-7-9/h1,4-8,12H,2-3H2. The van der Waals surface area contributed by atoms with Crippen LogP contribution in [0, 0.1) is 11.6 Å². The van der Waals surface area contributed by atoms with Crippen LogP contribution in [0.25, 0.3) is 22.4 Å². The van der Waals surface area contributed by atoms with Crippen LogP contribution in [0.2, 0.25) is 0 Å². The molecule has 2 aromatic heterocycles. The van der Waals surface area contributed by atoms with E-state index in [9.17, 15) is 8.78 Å². The van der Waals surface area contributed by atoms with Crippen LogP contribution in [0.1, 0.15) is 18.9 Å². The molecule has 0 spiro atoms. The highest BCUT2D eigenvalue weighted by molar-refractivity contribution is 5.81. The molecule has 1 aliphatic carbocycles. The van der Waals surface area contributed by atoms with Crippen molar-refractivity contribution in [3.63, 3.8) is 0 Å². The van der Waals surface area contributed by atoms with Gasteiger partial charge in [0, 0.05) is 23.9 Å². The van der Waals surface area contributed by atoms with Gasteiger partial charge in [-0.3, -0.25) is 4.98 Å². The molecule has 0 atom stereocenters. The molecule has 20 heavy (non-hydrogen) atoms. The highest BCUT2D eigenvalue weighted by Gasteiger charge is 2.28. The number of aromatic nitrogens is 3. The maximum Gasteiger partial charge on any atom is 0.143 e. The zero-order chi connectivity index (χ0) is 13.7. The highest BCUT2D eigenvalue weighted by Crippen LogP contribution is 2.41. The van der Waals surface area contributed by atoms with Crippen LogP contribution in [0.4, 0.5) is 8.78 Å². The van der Waals surface area contributed by atoms with Crippen molar-refractivity contribution in [2.75, 3.05) is 0 Å². The molecule has 0 bridgehead atoms. The van der Waals surface area contributed by atoms with Gasteiger partial charge in [0.25, 0.3) is 0 Å². The van der Waals surface area contributed by atoms with Gasteiger partial charge in [-0.25, -0.2) is 13.8 Å². The summed E-state index contributed by atoms with van der Waals surface area (Å²) < 4.78 is 28.8. The van der Waals surface area contributed by atoms with E-state index in [4.69, 9.17) is 0 Å². The summed E-state index contributed by atoms with van der Waals surface area (Å²) in [5.41, 5.74) is 2.10. The van der Waals surface area contributed by atoms with Crippen LogP contribution in [0.5, 0.6) is 0 Å². The third kappa shape index (κ3) is 1.78. The van der Waals surface area contributed by atoms with Crippen molar-refractivity contribution in [2.24, 2.45) is 0 Å². The van der Waals surface area contributed by atoms with E-state index in [0.717, 1.165) is 24.6 Å². The normalized spacial score (nSPS) is 14.9. The van der Waals surface area contributed by atoms with Crippen LogP contribution in [0.15, 0.2) is 36.7 Å². The Hall–Kier alpha value is -2.30. The van der Waals surface area contributed by atoms with E-state index in [0.29, 0.717) is 22.9 Å². The lowest BCUT2D eigenvalue weighted by Crippen LogP contribution is -1.98. The second-order valence-corrected chi connectivity index (χ2v) is 5.06. The molecule has 1 aliphatic rings. The summed E-state index contributed by atoms with van der Waals surface area (Å²) in [6.45, 7) is 0. The molecule has 0 aliphatic heterocycles. The molecule has 0 radical (unpaired) electrons. The maximum absolute atomic E-state index is 13.4. The second kappa shape index (κ2) is 4.10. The summed E-state index contributed by atoms with van der Waals surface area (Å²) in [4.78, 5) is 8.33. The molecule has 1 aromatic carbocycles. The number of fused-ring (bicyclic) bond motifs is 1. The van der Waals surface area contributed by atoms with E-state index in [1.165, 1.54) is 18.2 Å². The first-order valence-electron chi connectivity index (χ1n) is 6.51. The second-order valence-electron chi connectivity index (χ2n) is 5.06. The molecular weight excluding hydrogens is 260 g/mol. The van der Waals surface area contributed by atoms with Gasteiger partial charge in [0.15, 0.2) is 0 Å². The average Bonchev–Trinajstić information content (AvgIpc) is 3.19. The van der Waals surface area contributed by atoms with E-state index < -0.39 is 5.82 Å². The number of imidazole rings is 1. The third-order valence-electron chi connectivity index (χ3n) is 3.53. The van der Waals surface area contributed by atoms with Gasteiger partial charge < -0.3 is 4.57 Å². The number of rotatable bonds is 2. The number of halogens is 2. The van der Waals surface area contributed by atoms with E-state index in [1.54, 1.807) is 12.3 Å². The Morgan fingerprint density at radius 2 is 1.90 bits per heavy atom. The molecule has 1 fully saturated rings. The molecule has 5 heteroatoms. The first-order valence-corrected chi connectivity index (χ1v) is 6.51. The van der Waals surface area contributed by atoms with Crippen molar-refractivity contribution in [2.45, 2.75) is 18.9 Å². The summed E-state index contributed by atoms with van der Waals surface area (Å²) in [7, 11) is 0. The largest absolute Gasteiger partial charge is 0.321 e. The summed E-state index contributed by atoms with van der Waals surface area (Å²) in [5, 5.41) is 0. The first-order chi connectivity index (χ1) is 9.72. The minimum atomic E-state index is -0.400.